The molecule has 0 aliphatic heterocycles. The molecule has 0 aliphatic rings. The van der Waals surface area contributed by atoms with Gasteiger partial charge in [0.2, 0.25) is 0 Å². The van der Waals surface area contributed by atoms with E-state index in [1.54, 1.807) is 17.5 Å². The van der Waals surface area contributed by atoms with E-state index in [9.17, 15) is 0 Å². The van der Waals surface area contributed by atoms with Crippen molar-refractivity contribution >= 4 is 22.9 Å². The molecule has 0 unspecified atom stereocenters. The molecular weight excluding hydrogens is 302 g/mol. The maximum absolute atomic E-state index is 6.24. The standard InChI is InChI=1S/C16H22ClN3S/c1-5-7-12-13(10-19-16(2,3)4)21-15(20-12)14-11(17)8-6-9-18-14/h6,8-9,19H,5,7,10H2,1-4H3. The lowest BCUT2D eigenvalue weighted by Crippen LogP contribution is -2.35. The van der Waals surface area contributed by atoms with Crippen LogP contribution in [-0.4, -0.2) is 15.5 Å². The summed E-state index contributed by atoms with van der Waals surface area (Å²) in [5.74, 6) is 0. The van der Waals surface area contributed by atoms with Crippen LogP contribution in [0.15, 0.2) is 18.3 Å². The van der Waals surface area contributed by atoms with E-state index in [1.807, 2.05) is 12.1 Å². The summed E-state index contributed by atoms with van der Waals surface area (Å²) in [6, 6.07) is 3.70. The van der Waals surface area contributed by atoms with Gasteiger partial charge in [-0.05, 0) is 39.3 Å². The Balaban J connectivity index is 2.30. The number of hydrogen-bond acceptors (Lipinski definition) is 4. The fraction of sp³-hybridized carbons (Fsp3) is 0.500. The normalized spacial score (nSPS) is 11.9. The van der Waals surface area contributed by atoms with Gasteiger partial charge in [-0.15, -0.1) is 11.3 Å². The molecule has 0 atom stereocenters. The molecule has 0 aliphatic carbocycles. The topological polar surface area (TPSA) is 37.8 Å². The molecule has 2 aromatic rings. The maximum atomic E-state index is 6.24. The van der Waals surface area contributed by atoms with Crippen molar-refractivity contribution in [3.05, 3.63) is 33.9 Å². The van der Waals surface area contributed by atoms with Crippen LogP contribution in [0.3, 0.4) is 0 Å². The second kappa shape index (κ2) is 6.86. The maximum Gasteiger partial charge on any atom is 0.143 e. The monoisotopic (exact) mass is 323 g/mol. The fourth-order valence-corrected chi connectivity index (χ4v) is 3.27. The smallest absolute Gasteiger partial charge is 0.143 e. The van der Waals surface area contributed by atoms with Gasteiger partial charge < -0.3 is 5.32 Å². The van der Waals surface area contributed by atoms with Crippen LogP contribution in [-0.2, 0) is 13.0 Å². The number of aromatic nitrogens is 2. The Morgan fingerprint density at radius 3 is 2.71 bits per heavy atom. The van der Waals surface area contributed by atoms with Gasteiger partial charge in [-0.2, -0.15) is 0 Å². The third-order valence-electron chi connectivity index (χ3n) is 3.01. The highest BCUT2D eigenvalue weighted by molar-refractivity contribution is 7.15. The van der Waals surface area contributed by atoms with Crippen molar-refractivity contribution in [2.75, 3.05) is 0 Å². The number of aryl methyl sites for hydroxylation is 1. The van der Waals surface area contributed by atoms with Crippen LogP contribution in [0.2, 0.25) is 5.02 Å². The minimum atomic E-state index is 0.0935. The summed E-state index contributed by atoms with van der Waals surface area (Å²) in [4.78, 5) is 10.4. The Kier molecular flexibility index (Phi) is 5.36. The first kappa shape index (κ1) is 16.4. The van der Waals surface area contributed by atoms with Gasteiger partial charge in [0.25, 0.3) is 0 Å². The first-order valence-electron chi connectivity index (χ1n) is 7.25. The summed E-state index contributed by atoms with van der Waals surface area (Å²) >= 11 is 7.92. The van der Waals surface area contributed by atoms with Crippen molar-refractivity contribution in [1.29, 1.82) is 0 Å². The van der Waals surface area contributed by atoms with Crippen LogP contribution in [0.5, 0.6) is 0 Å². The van der Waals surface area contributed by atoms with E-state index in [1.165, 1.54) is 4.88 Å². The van der Waals surface area contributed by atoms with Gasteiger partial charge in [0.05, 0.1) is 10.7 Å². The quantitative estimate of drug-likeness (QED) is 0.866. The number of rotatable bonds is 5. The van der Waals surface area contributed by atoms with E-state index in [4.69, 9.17) is 16.6 Å². The van der Waals surface area contributed by atoms with E-state index in [2.05, 4.69) is 38.0 Å². The molecule has 2 heterocycles. The predicted molar refractivity (Wildman–Crippen MR) is 90.9 cm³/mol. The number of pyridine rings is 1. The lowest BCUT2D eigenvalue weighted by Gasteiger charge is -2.20. The number of halogens is 1. The molecule has 5 heteroatoms. The van der Waals surface area contributed by atoms with Gasteiger partial charge in [-0.3, -0.25) is 4.98 Å². The molecule has 0 bridgehead atoms. The Morgan fingerprint density at radius 2 is 2.10 bits per heavy atom. The molecule has 114 valence electrons. The van der Waals surface area contributed by atoms with Crippen LogP contribution in [0.1, 0.15) is 44.7 Å². The molecule has 2 aromatic heterocycles. The molecule has 3 nitrogen and oxygen atoms in total. The van der Waals surface area contributed by atoms with E-state index in [0.29, 0.717) is 5.02 Å². The molecule has 0 radical (unpaired) electrons. The molecule has 0 amide bonds. The fourth-order valence-electron chi connectivity index (χ4n) is 1.94. The van der Waals surface area contributed by atoms with Gasteiger partial charge in [-0.1, -0.05) is 24.9 Å². The van der Waals surface area contributed by atoms with Gasteiger partial charge in [0.1, 0.15) is 10.7 Å². The molecule has 0 spiro atoms. The van der Waals surface area contributed by atoms with Crippen LogP contribution in [0.25, 0.3) is 10.7 Å². The van der Waals surface area contributed by atoms with Crippen molar-refractivity contribution in [3.63, 3.8) is 0 Å². The van der Waals surface area contributed by atoms with Crippen LogP contribution in [0, 0.1) is 0 Å². The average molecular weight is 324 g/mol. The van der Waals surface area contributed by atoms with Gasteiger partial charge in [0.15, 0.2) is 0 Å². The van der Waals surface area contributed by atoms with Crippen LogP contribution >= 0.6 is 22.9 Å². The summed E-state index contributed by atoms with van der Waals surface area (Å²) in [7, 11) is 0. The number of nitrogens with one attached hydrogen (secondary N) is 1. The van der Waals surface area contributed by atoms with Crippen molar-refractivity contribution in [2.24, 2.45) is 0 Å². The van der Waals surface area contributed by atoms with E-state index < -0.39 is 0 Å². The summed E-state index contributed by atoms with van der Waals surface area (Å²) in [5.41, 5.74) is 2.04. The minimum absolute atomic E-state index is 0.0935. The molecular formula is C16H22ClN3S. The molecule has 0 fully saturated rings. The summed E-state index contributed by atoms with van der Waals surface area (Å²) < 4.78 is 0. The molecule has 0 aromatic carbocycles. The largest absolute Gasteiger partial charge is 0.307 e. The Hall–Kier alpha value is -0.970. The van der Waals surface area contributed by atoms with E-state index >= 15 is 0 Å². The Morgan fingerprint density at radius 1 is 1.33 bits per heavy atom. The third-order valence-corrected chi connectivity index (χ3v) is 4.41. The highest BCUT2D eigenvalue weighted by Crippen LogP contribution is 2.32. The average Bonchev–Trinajstić information content (AvgIpc) is 2.80. The lowest BCUT2D eigenvalue weighted by atomic mass is 10.1. The second-order valence-corrected chi connectivity index (χ2v) is 7.57. The first-order chi connectivity index (χ1) is 9.90. The summed E-state index contributed by atoms with van der Waals surface area (Å²) in [6.45, 7) is 9.52. The summed E-state index contributed by atoms with van der Waals surface area (Å²) in [6.07, 6.45) is 3.83. The second-order valence-electron chi connectivity index (χ2n) is 6.08. The summed E-state index contributed by atoms with van der Waals surface area (Å²) in [5, 5.41) is 5.10. The zero-order chi connectivity index (χ0) is 15.5. The number of nitrogens with zero attached hydrogens (tertiary/aromatic N) is 2. The van der Waals surface area contributed by atoms with Crippen molar-refractivity contribution in [1.82, 2.24) is 15.3 Å². The molecule has 0 saturated carbocycles. The number of thiazole rings is 1. The van der Waals surface area contributed by atoms with Gasteiger partial charge in [0, 0.05) is 23.2 Å². The Bertz CT molecular complexity index is 602. The van der Waals surface area contributed by atoms with Gasteiger partial charge >= 0.3 is 0 Å². The number of hydrogen-bond donors (Lipinski definition) is 1. The highest BCUT2D eigenvalue weighted by atomic mass is 35.5. The third kappa shape index (κ3) is 4.50. The first-order valence-corrected chi connectivity index (χ1v) is 8.44. The molecule has 2 rings (SSSR count). The van der Waals surface area contributed by atoms with Crippen molar-refractivity contribution in [2.45, 2.75) is 52.6 Å². The van der Waals surface area contributed by atoms with Gasteiger partial charge in [-0.25, -0.2) is 4.98 Å². The van der Waals surface area contributed by atoms with Crippen LogP contribution < -0.4 is 5.32 Å². The molecule has 0 saturated heterocycles. The van der Waals surface area contributed by atoms with E-state index in [0.717, 1.165) is 35.8 Å². The zero-order valence-corrected chi connectivity index (χ0v) is 14.6. The molecule has 21 heavy (non-hydrogen) atoms. The lowest BCUT2D eigenvalue weighted by molar-refractivity contribution is 0.425. The van der Waals surface area contributed by atoms with Crippen molar-refractivity contribution in [3.8, 4) is 10.7 Å². The van der Waals surface area contributed by atoms with Crippen molar-refractivity contribution < 1.29 is 0 Å². The zero-order valence-electron chi connectivity index (χ0n) is 13.0. The van der Waals surface area contributed by atoms with E-state index in [-0.39, 0.29) is 5.54 Å². The minimum Gasteiger partial charge on any atom is -0.307 e. The van der Waals surface area contributed by atoms with Crippen LogP contribution in [0.4, 0.5) is 0 Å². The highest BCUT2D eigenvalue weighted by Gasteiger charge is 2.17. The Labute approximate surface area is 135 Å². The predicted octanol–water partition coefficient (Wildman–Crippen LogP) is 4.70. The SMILES string of the molecule is CCCc1nc(-c2ncccc2Cl)sc1CNC(C)(C)C. The molecule has 1 N–H and O–H groups in total.